The summed E-state index contributed by atoms with van der Waals surface area (Å²) in [6.07, 6.45) is 0.559. The van der Waals surface area contributed by atoms with Gasteiger partial charge in [0.2, 0.25) is 5.91 Å². The van der Waals surface area contributed by atoms with Crippen LogP contribution in [0.2, 0.25) is 0 Å². The van der Waals surface area contributed by atoms with Gasteiger partial charge in [0.05, 0.1) is 5.69 Å². The quantitative estimate of drug-likeness (QED) is 0.860. The van der Waals surface area contributed by atoms with Crippen LogP contribution in [0.25, 0.3) is 0 Å². The normalized spacial score (nSPS) is 12.9. The summed E-state index contributed by atoms with van der Waals surface area (Å²) in [5, 5.41) is 5.67. The number of hydrogen-bond acceptors (Lipinski definition) is 2. The molecule has 1 aliphatic heterocycles. The molecule has 0 unspecified atom stereocenters. The highest BCUT2D eigenvalue weighted by atomic mass is 35.5. The van der Waals surface area contributed by atoms with Gasteiger partial charge in [-0.2, -0.15) is 0 Å². The van der Waals surface area contributed by atoms with E-state index < -0.39 is 23.4 Å². The standard InChI is InChI=1S/C18H17F3N2O.ClH/c19-14-3-1-2-11(17(14)20)5-7-16(24)23-15-6-4-12-10-22-9-8-13(12)18(15)21;/h1-4,6,22H,5,7-10H2,(H,23,24);1H. The fraction of sp³-hybridized carbons (Fsp3) is 0.278. The maximum absolute atomic E-state index is 14.4. The SMILES string of the molecule is Cl.O=C(CCc1cccc(F)c1F)Nc1ccc2c(c1F)CCNC2. The second kappa shape index (κ2) is 8.36. The molecule has 1 heterocycles. The molecule has 25 heavy (non-hydrogen) atoms. The number of carbonyl (C=O) groups is 1. The van der Waals surface area contributed by atoms with Gasteiger partial charge in [0.1, 0.15) is 5.82 Å². The zero-order valence-electron chi connectivity index (χ0n) is 13.4. The molecule has 2 aromatic rings. The van der Waals surface area contributed by atoms with E-state index in [4.69, 9.17) is 0 Å². The van der Waals surface area contributed by atoms with Gasteiger partial charge in [-0.05, 0) is 48.2 Å². The van der Waals surface area contributed by atoms with Crippen LogP contribution in [-0.2, 0) is 24.2 Å². The van der Waals surface area contributed by atoms with Crippen LogP contribution in [0.1, 0.15) is 23.1 Å². The summed E-state index contributed by atoms with van der Waals surface area (Å²) in [5.41, 5.74) is 1.75. The largest absolute Gasteiger partial charge is 0.324 e. The summed E-state index contributed by atoms with van der Waals surface area (Å²) >= 11 is 0. The Kier molecular flexibility index (Phi) is 6.45. The molecule has 0 fully saturated rings. The van der Waals surface area contributed by atoms with Gasteiger partial charge < -0.3 is 10.6 Å². The Morgan fingerprint density at radius 2 is 1.92 bits per heavy atom. The third kappa shape index (κ3) is 4.32. The second-order valence-corrected chi connectivity index (χ2v) is 5.75. The average Bonchev–Trinajstić information content (AvgIpc) is 2.59. The van der Waals surface area contributed by atoms with Gasteiger partial charge in [0.25, 0.3) is 0 Å². The summed E-state index contributed by atoms with van der Waals surface area (Å²) in [7, 11) is 0. The minimum Gasteiger partial charge on any atom is -0.324 e. The highest BCUT2D eigenvalue weighted by Crippen LogP contribution is 2.24. The fourth-order valence-electron chi connectivity index (χ4n) is 2.83. The van der Waals surface area contributed by atoms with Crippen molar-refractivity contribution in [3.05, 3.63) is 64.5 Å². The van der Waals surface area contributed by atoms with Crippen LogP contribution in [0, 0.1) is 17.5 Å². The van der Waals surface area contributed by atoms with E-state index in [1.165, 1.54) is 18.2 Å². The number of fused-ring (bicyclic) bond motifs is 1. The van der Waals surface area contributed by atoms with Crippen molar-refractivity contribution < 1.29 is 18.0 Å². The molecule has 0 aliphatic carbocycles. The molecule has 2 N–H and O–H groups in total. The van der Waals surface area contributed by atoms with E-state index in [1.807, 2.05) is 0 Å². The number of anilines is 1. The smallest absolute Gasteiger partial charge is 0.224 e. The molecule has 1 aliphatic rings. The summed E-state index contributed by atoms with van der Waals surface area (Å²) in [5.74, 6) is -2.74. The van der Waals surface area contributed by atoms with E-state index in [1.54, 1.807) is 6.07 Å². The van der Waals surface area contributed by atoms with Crippen LogP contribution in [0.4, 0.5) is 18.9 Å². The topological polar surface area (TPSA) is 41.1 Å². The molecule has 3 rings (SSSR count). The van der Waals surface area contributed by atoms with Crippen molar-refractivity contribution in [1.82, 2.24) is 5.32 Å². The lowest BCUT2D eigenvalue weighted by atomic mass is 9.99. The first-order valence-electron chi connectivity index (χ1n) is 7.80. The molecule has 3 nitrogen and oxygen atoms in total. The predicted molar refractivity (Wildman–Crippen MR) is 92.4 cm³/mol. The highest BCUT2D eigenvalue weighted by molar-refractivity contribution is 5.91. The number of carbonyl (C=O) groups excluding carboxylic acids is 1. The number of hydrogen-bond donors (Lipinski definition) is 2. The maximum Gasteiger partial charge on any atom is 0.224 e. The molecule has 0 aromatic heterocycles. The Balaban J connectivity index is 0.00000225. The minimum absolute atomic E-state index is 0. The number of aryl methyl sites for hydroxylation is 1. The van der Waals surface area contributed by atoms with Crippen molar-refractivity contribution in [3.8, 4) is 0 Å². The van der Waals surface area contributed by atoms with Crippen molar-refractivity contribution in [2.45, 2.75) is 25.8 Å². The number of halogens is 4. The molecule has 1 amide bonds. The van der Waals surface area contributed by atoms with Gasteiger partial charge in [-0.3, -0.25) is 4.79 Å². The summed E-state index contributed by atoms with van der Waals surface area (Å²) in [4.78, 5) is 12.0. The number of rotatable bonds is 4. The van der Waals surface area contributed by atoms with Crippen LogP contribution in [0.5, 0.6) is 0 Å². The first kappa shape index (κ1) is 19.3. The van der Waals surface area contributed by atoms with Crippen LogP contribution in [-0.4, -0.2) is 12.5 Å². The lowest BCUT2D eigenvalue weighted by Gasteiger charge is -2.19. The summed E-state index contributed by atoms with van der Waals surface area (Å²) < 4.78 is 41.1. The number of nitrogens with one attached hydrogen (secondary N) is 2. The Morgan fingerprint density at radius 1 is 1.12 bits per heavy atom. The molecular formula is C18H18ClF3N2O. The van der Waals surface area contributed by atoms with Gasteiger partial charge in [-0.15, -0.1) is 12.4 Å². The lowest BCUT2D eigenvalue weighted by molar-refractivity contribution is -0.116. The monoisotopic (exact) mass is 370 g/mol. The van der Waals surface area contributed by atoms with E-state index in [0.717, 1.165) is 11.6 Å². The maximum atomic E-state index is 14.4. The van der Waals surface area contributed by atoms with E-state index in [-0.39, 0.29) is 36.5 Å². The highest BCUT2D eigenvalue weighted by Gasteiger charge is 2.17. The number of benzene rings is 2. The molecule has 2 aromatic carbocycles. The average molecular weight is 371 g/mol. The van der Waals surface area contributed by atoms with Gasteiger partial charge >= 0.3 is 0 Å². The van der Waals surface area contributed by atoms with Gasteiger partial charge in [-0.1, -0.05) is 18.2 Å². The zero-order chi connectivity index (χ0) is 17.1. The van der Waals surface area contributed by atoms with Gasteiger partial charge in [0, 0.05) is 13.0 Å². The zero-order valence-corrected chi connectivity index (χ0v) is 14.2. The molecule has 134 valence electrons. The van der Waals surface area contributed by atoms with Crippen molar-refractivity contribution >= 4 is 24.0 Å². The fourth-order valence-corrected chi connectivity index (χ4v) is 2.83. The third-order valence-electron chi connectivity index (χ3n) is 4.13. The van der Waals surface area contributed by atoms with Crippen LogP contribution < -0.4 is 10.6 Å². The number of amides is 1. The molecule has 0 atom stereocenters. The predicted octanol–water partition coefficient (Wildman–Crippen LogP) is 3.74. The summed E-state index contributed by atoms with van der Waals surface area (Å²) in [6, 6.07) is 7.16. The van der Waals surface area contributed by atoms with Crippen molar-refractivity contribution in [1.29, 1.82) is 0 Å². The van der Waals surface area contributed by atoms with E-state index in [0.29, 0.717) is 25.1 Å². The minimum atomic E-state index is -0.947. The van der Waals surface area contributed by atoms with Crippen LogP contribution >= 0.6 is 12.4 Å². The van der Waals surface area contributed by atoms with E-state index in [9.17, 15) is 18.0 Å². The van der Waals surface area contributed by atoms with Crippen LogP contribution in [0.15, 0.2) is 30.3 Å². The Bertz CT molecular complexity index is 783. The first-order valence-corrected chi connectivity index (χ1v) is 7.80. The third-order valence-corrected chi connectivity index (χ3v) is 4.13. The molecule has 0 saturated carbocycles. The molecule has 0 radical (unpaired) electrons. The lowest BCUT2D eigenvalue weighted by Crippen LogP contribution is -2.25. The van der Waals surface area contributed by atoms with Crippen molar-refractivity contribution in [2.75, 3.05) is 11.9 Å². The molecular weight excluding hydrogens is 353 g/mol. The Labute approximate surface area is 150 Å². The van der Waals surface area contributed by atoms with Crippen LogP contribution in [0.3, 0.4) is 0 Å². The Morgan fingerprint density at radius 3 is 2.72 bits per heavy atom. The van der Waals surface area contributed by atoms with Crippen molar-refractivity contribution in [3.63, 3.8) is 0 Å². The van der Waals surface area contributed by atoms with Gasteiger partial charge in [-0.25, -0.2) is 13.2 Å². The first-order chi connectivity index (χ1) is 11.6. The second-order valence-electron chi connectivity index (χ2n) is 5.75. The molecule has 7 heteroatoms. The molecule has 0 spiro atoms. The van der Waals surface area contributed by atoms with E-state index in [2.05, 4.69) is 10.6 Å². The van der Waals surface area contributed by atoms with Crippen molar-refractivity contribution in [2.24, 2.45) is 0 Å². The summed E-state index contributed by atoms with van der Waals surface area (Å²) in [6.45, 7) is 1.31. The van der Waals surface area contributed by atoms with E-state index >= 15 is 0 Å². The van der Waals surface area contributed by atoms with Gasteiger partial charge in [0.15, 0.2) is 11.6 Å². The Hall–Kier alpha value is -2.05. The molecule has 0 bridgehead atoms. The molecule has 0 saturated heterocycles.